The Morgan fingerprint density at radius 3 is 2.76 bits per heavy atom. The SMILES string of the molecule is CCCCOCCOCC(O)CNc1ccc(Cl)cc1F. The summed E-state index contributed by atoms with van der Waals surface area (Å²) in [5.74, 6) is -0.444. The third-order valence-corrected chi connectivity index (χ3v) is 3.02. The highest BCUT2D eigenvalue weighted by Gasteiger charge is 2.07. The van der Waals surface area contributed by atoms with Crippen molar-refractivity contribution in [1.29, 1.82) is 0 Å². The molecule has 4 nitrogen and oxygen atoms in total. The summed E-state index contributed by atoms with van der Waals surface area (Å²) in [6.07, 6.45) is 1.43. The van der Waals surface area contributed by atoms with E-state index in [4.69, 9.17) is 21.1 Å². The number of hydrogen-bond acceptors (Lipinski definition) is 4. The van der Waals surface area contributed by atoms with Crippen LogP contribution in [0.5, 0.6) is 0 Å². The van der Waals surface area contributed by atoms with Gasteiger partial charge in [-0.2, -0.15) is 0 Å². The number of benzene rings is 1. The van der Waals surface area contributed by atoms with E-state index in [9.17, 15) is 9.50 Å². The highest BCUT2D eigenvalue weighted by molar-refractivity contribution is 6.30. The molecule has 1 aromatic carbocycles. The van der Waals surface area contributed by atoms with Crippen molar-refractivity contribution in [2.24, 2.45) is 0 Å². The van der Waals surface area contributed by atoms with Crippen LogP contribution in [0, 0.1) is 5.82 Å². The molecule has 1 atom stereocenters. The van der Waals surface area contributed by atoms with Crippen LogP contribution in [0.1, 0.15) is 19.8 Å². The molecule has 0 bridgehead atoms. The summed E-state index contributed by atoms with van der Waals surface area (Å²) >= 11 is 5.66. The van der Waals surface area contributed by atoms with Crippen molar-refractivity contribution in [2.75, 3.05) is 38.3 Å². The van der Waals surface area contributed by atoms with Crippen molar-refractivity contribution in [3.05, 3.63) is 29.0 Å². The molecular weight excluding hydrogens is 297 g/mol. The van der Waals surface area contributed by atoms with Gasteiger partial charge in [-0.1, -0.05) is 24.9 Å². The average Bonchev–Trinajstić information content (AvgIpc) is 2.45. The fraction of sp³-hybridized carbons (Fsp3) is 0.600. The minimum absolute atomic E-state index is 0.180. The monoisotopic (exact) mass is 319 g/mol. The van der Waals surface area contributed by atoms with E-state index in [1.165, 1.54) is 12.1 Å². The van der Waals surface area contributed by atoms with Gasteiger partial charge in [0, 0.05) is 18.2 Å². The summed E-state index contributed by atoms with van der Waals surface area (Å²) in [6, 6.07) is 4.34. The van der Waals surface area contributed by atoms with Gasteiger partial charge >= 0.3 is 0 Å². The lowest BCUT2D eigenvalue weighted by atomic mass is 10.3. The molecule has 0 spiro atoms. The molecule has 0 aliphatic carbocycles. The summed E-state index contributed by atoms with van der Waals surface area (Å²) in [4.78, 5) is 0. The Morgan fingerprint density at radius 1 is 1.29 bits per heavy atom. The van der Waals surface area contributed by atoms with Crippen molar-refractivity contribution in [1.82, 2.24) is 0 Å². The summed E-state index contributed by atoms with van der Waals surface area (Å²) < 4.78 is 24.1. The van der Waals surface area contributed by atoms with Gasteiger partial charge < -0.3 is 19.9 Å². The molecule has 1 aromatic rings. The fourth-order valence-corrected chi connectivity index (χ4v) is 1.76. The number of unbranched alkanes of at least 4 members (excludes halogenated alkanes) is 1. The molecular formula is C15H23ClFNO3. The first kappa shape index (κ1) is 18.2. The lowest BCUT2D eigenvalue weighted by Crippen LogP contribution is -2.26. The molecule has 0 saturated carbocycles. The number of anilines is 1. The Labute approximate surface area is 130 Å². The van der Waals surface area contributed by atoms with Crippen LogP contribution < -0.4 is 5.32 Å². The Kier molecular flexibility index (Phi) is 9.34. The number of rotatable bonds is 11. The van der Waals surface area contributed by atoms with Crippen LogP contribution in [-0.2, 0) is 9.47 Å². The molecule has 0 amide bonds. The zero-order valence-corrected chi connectivity index (χ0v) is 13.0. The predicted octanol–water partition coefficient (Wildman–Crippen LogP) is 3.09. The van der Waals surface area contributed by atoms with E-state index < -0.39 is 11.9 Å². The Balaban J connectivity index is 2.09. The van der Waals surface area contributed by atoms with Crippen molar-refractivity contribution in [3.63, 3.8) is 0 Å². The topological polar surface area (TPSA) is 50.7 Å². The van der Waals surface area contributed by atoms with Gasteiger partial charge in [-0.3, -0.25) is 0 Å². The van der Waals surface area contributed by atoms with Gasteiger partial charge in [-0.05, 0) is 24.6 Å². The van der Waals surface area contributed by atoms with Crippen LogP contribution in [0.15, 0.2) is 18.2 Å². The lowest BCUT2D eigenvalue weighted by Gasteiger charge is -2.14. The van der Waals surface area contributed by atoms with Crippen LogP contribution in [0.4, 0.5) is 10.1 Å². The summed E-state index contributed by atoms with van der Waals surface area (Å²) in [7, 11) is 0. The number of aliphatic hydroxyl groups is 1. The highest BCUT2D eigenvalue weighted by Crippen LogP contribution is 2.18. The number of halogens is 2. The normalized spacial score (nSPS) is 12.4. The first-order valence-electron chi connectivity index (χ1n) is 7.16. The van der Waals surface area contributed by atoms with E-state index in [0.717, 1.165) is 19.4 Å². The van der Waals surface area contributed by atoms with E-state index in [2.05, 4.69) is 12.2 Å². The second kappa shape index (κ2) is 10.8. The lowest BCUT2D eigenvalue weighted by molar-refractivity contribution is 0.00748. The summed E-state index contributed by atoms with van der Waals surface area (Å²) in [6.45, 7) is 4.18. The number of aliphatic hydroxyl groups excluding tert-OH is 1. The molecule has 0 saturated heterocycles. The van der Waals surface area contributed by atoms with Gasteiger partial charge in [-0.25, -0.2) is 4.39 Å². The van der Waals surface area contributed by atoms with Crippen molar-refractivity contribution < 1.29 is 19.0 Å². The maximum absolute atomic E-state index is 13.5. The zero-order chi connectivity index (χ0) is 15.5. The van der Waals surface area contributed by atoms with Crippen LogP contribution in [-0.4, -0.2) is 44.2 Å². The molecule has 6 heteroatoms. The fourth-order valence-electron chi connectivity index (χ4n) is 1.61. The largest absolute Gasteiger partial charge is 0.389 e. The highest BCUT2D eigenvalue weighted by atomic mass is 35.5. The molecule has 0 radical (unpaired) electrons. The van der Waals surface area contributed by atoms with Gasteiger partial charge in [0.15, 0.2) is 0 Å². The quantitative estimate of drug-likeness (QED) is 0.615. The van der Waals surface area contributed by atoms with Crippen LogP contribution in [0.3, 0.4) is 0 Å². The van der Waals surface area contributed by atoms with E-state index in [-0.39, 0.29) is 13.2 Å². The smallest absolute Gasteiger partial charge is 0.147 e. The van der Waals surface area contributed by atoms with E-state index in [0.29, 0.717) is 23.9 Å². The molecule has 0 fully saturated rings. The summed E-state index contributed by atoms with van der Waals surface area (Å²) in [5, 5.41) is 12.9. The third-order valence-electron chi connectivity index (χ3n) is 2.78. The molecule has 0 heterocycles. The first-order valence-corrected chi connectivity index (χ1v) is 7.53. The maximum Gasteiger partial charge on any atom is 0.147 e. The van der Waals surface area contributed by atoms with E-state index in [1.807, 2.05) is 0 Å². The number of hydrogen-bond donors (Lipinski definition) is 2. The second-order valence-electron chi connectivity index (χ2n) is 4.70. The van der Waals surface area contributed by atoms with Gasteiger partial charge in [0.1, 0.15) is 5.82 Å². The number of ether oxygens (including phenoxy) is 2. The minimum Gasteiger partial charge on any atom is -0.389 e. The zero-order valence-electron chi connectivity index (χ0n) is 12.3. The first-order chi connectivity index (χ1) is 10.1. The third kappa shape index (κ3) is 8.21. The standard InChI is InChI=1S/C15H23ClFNO3/c1-2-3-6-20-7-8-21-11-13(19)10-18-15-5-4-12(16)9-14(15)17/h4-5,9,13,18-19H,2-3,6-8,10-11H2,1H3. The van der Waals surface area contributed by atoms with Crippen LogP contribution in [0.25, 0.3) is 0 Å². The van der Waals surface area contributed by atoms with Crippen molar-refractivity contribution >= 4 is 17.3 Å². The molecule has 1 rings (SSSR count). The van der Waals surface area contributed by atoms with E-state index >= 15 is 0 Å². The summed E-state index contributed by atoms with van der Waals surface area (Å²) in [5.41, 5.74) is 0.307. The van der Waals surface area contributed by atoms with Gasteiger partial charge in [0.25, 0.3) is 0 Å². The van der Waals surface area contributed by atoms with Crippen molar-refractivity contribution in [2.45, 2.75) is 25.9 Å². The van der Waals surface area contributed by atoms with Crippen molar-refractivity contribution in [3.8, 4) is 0 Å². The van der Waals surface area contributed by atoms with Gasteiger partial charge in [0.2, 0.25) is 0 Å². The van der Waals surface area contributed by atoms with Crippen LogP contribution in [0.2, 0.25) is 5.02 Å². The molecule has 0 aliphatic rings. The molecule has 0 aromatic heterocycles. The second-order valence-corrected chi connectivity index (χ2v) is 5.14. The van der Waals surface area contributed by atoms with Crippen LogP contribution >= 0.6 is 11.6 Å². The molecule has 1 unspecified atom stereocenters. The maximum atomic E-state index is 13.5. The Morgan fingerprint density at radius 2 is 2.05 bits per heavy atom. The molecule has 21 heavy (non-hydrogen) atoms. The molecule has 2 N–H and O–H groups in total. The Hall–Kier alpha value is -0.880. The van der Waals surface area contributed by atoms with Gasteiger partial charge in [0.05, 0.1) is 31.6 Å². The van der Waals surface area contributed by atoms with E-state index in [1.54, 1.807) is 6.07 Å². The van der Waals surface area contributed by atoms with Gasteiger partial charge in [-0.15, -0.1) is 0 Å². The predicted molar refractivity (Wildman–Crippen MR) is 82.5 cm³/mol. The molecule has 0 aliphatic heterocycles. The molecule has 120 valence electrons. The minimum atomic E-state index is -0.712. The Bertz CT molecular complexity index is 407. The number of nitrogens with one attached hydrogen (secondary N) is 1. The average molecular weight is 320 g/mol.